The quantitative estimate of drug-likeness (QED) is 0.343. The van der Waals surface area contributed by atoms with Crippen LogP contribution in [0, 0.1) is 0 Å². The lowest BCUT2D eigenvalue weighted by Crippen LogP contribution is -2.00. The van der Waals surface area contributed by atoms with Crippen LogP contribution in [-0.4, -0.2) is 19.4 Å². The maximum absolute atomic E-state index is 5.52. The van der Waals surface area contributed by atoms with Crippen LogP contribution in [0.3, 0.4) is 0 Å². The minimum Gasteiger partial charge on any atom is -0.494 e. The van der Waals surface area contributed by atoms with Gasteiger partial charge in [0.1, 0.15) is 11.5 Å². The highest BCUT2D eigenvalue weighted by atomic mass is 79.9. The number of halogens is 1. The van der Waals surface area contributed by atoms with Crippen molar-refractivity contribution < 1.29 is 9.47 Å². The molecule has 0 aliphatic heterocycles. The van der Waals surface area contributed by atoms with Gasteiger partial charge >= 0.3 is 0 Å². The molecule has 0 unspecified atom stereocenters. The van der Waals surface area contributed by atoms with Gasteiger partial charge in [0.05, 0.1) is 18.9 Å². The van der Waals surface area contributed by atoms with E-state index < -0.39 is 0 Å². The number of nitrogens with zero attached hydrogens (tertiary/aromatic N) is 1. The molecule has 0 amide bonds. The minimum atomic E-state index is 0.652. The second-order valence-corrected chi connectivity index (χ2v) is 7.29. The molecule has 0 spiro atoms. The SMILES string of the molecule is CCOc1ccc(N=C/C=C(\Nc2ccc(OCC)cc2)c2ccc(Br)cc2)cc1. The van der Waals surface area contributed by atoms with Crippen molar-refractivity contribution >= 4 is 39.2 Å². The van der Waals surface area contributed by atoms with Crippen LogP contribution in [-0.2, 0) is 0 Å². The van der Waals surface area contributed by atoms with Crippen LogP contribution in [0.2, 0.25) is 0 Å². The third-order valence-electron chi connectivity index (χ3n) is 4.21. The summed E-state index contributed by atoms with van der Waals surface area (Å²) in [6.45, 7) is 5.25. The van der Waals surface area contributed by atoms with Crippen LogP contribution in [0.25, 0.3) is 5.70 Å². The van der Waals surface area contributed by atoms with Crippen molar-refractivity contribution in [3.05, 3.63) is 88.9 Å². The largest absolute Gasteiger partial charge is 0.494 e. The zero-order valence-electron chi connectivity index (χ0n) is 17.1. The summed E-state index contributed by atoms with van der Waals surface area (Å²) < 4.78 is 12.0. The monoisotopic (exact) mass is 464 g/mol. The maximum atomic E-state index is 5.52. The first-order valence-corrected chi connectivity index (χ1v) is 10.7. The normalized spacial score (nSPS) is 11.5. The van der Waals surface area contributed by atoms with Gasteiger partial charge in [0.25, 0.3) is 0 Å². The number of rotatable bonds is 9. The number of ether oxygens (including phenoxy) is 2. The van der Waals surface area contributed by atoms with E-state index in [2.05, 4.69) is 38.4 Å². The zero-order valence-corrected chi connectivity index (χ0v) is 18.7. The lowest BCUT2D eigenvalue weighted by Gasteiger charge is -2.12. The first-order chi connectivity index (χ1) is 14.7. The molecule has 0 aliphatic carbocycles. The van der Waals surface area contributed by atoms with Gasteiger partial charge in [-0.3, -0.25) is 4.99 Å². The smallest absolute Gasteiger partial charge is 0.119 e. The Morgan fingerprint density at radius 3 is 1.97 bits per heavy atom. The summed E-state index contributed by atoms with van der Waals surface area (Å²) in [5, 5.41) is 3.48. The molecule has 0 saturated heterocycles. The van der Waals surface area contributed by atoms with Gasteiger partial charge in [-0.2, -0.15) is 0 Å². The number of hydrogen-bond acceptors (Lipinski definition) is 4. The van der Waals surface area contributed by atoms with Crippen molar-refractivity contribution in [2.45, 2.75) is 13.8 Å². The molecule has 30 heavy (non-hydrogen) atoms. The Labute approximate surface area is 186 Å². The topological polar surface area (TPSA) is 42.8 Å². The Balaban J connectivity index is 1.80. The molecule has 154 valence electrons. The average Bonchev–Trinajstić information content (AvgIpc) is 2.76. The molecule has 1 N–H and O–H groups in total. The summed E-state index contributed by atoms with van der Waals surface area (Å²) in [6.07, 6.45) is 3.77. The third kappa shape index (κ3) is 6.49. The van der Waals surface area contributed by atoms with E-state index in [1.807, 2.05) is 80.6 Å². The Morgan fingerprint density at radius 1 is 0.833 bits per heavy atom. The standard InChI is InChI=1S/C25H25BrN2O2/c1-3-29-23-13-9-21(10-14-23)27-18-17-25(19-5-7-20(26)8-6-19)28-22-11-15-24(16-12-22)30-4-2/h5-18,28H,3-4H2,1-2H3/b25-17-,27-18?. The van der Waals surface area contributed by atoms with E-state index in [0.717, 1.165) is 38.6 Å². The number of aliphatic imine (C=N–C) groups is 1. The van der Waals surface area contributed by atoms with E-state index in [9.17, 15) is 0 Å². The molecule has 0 atom stereocenters. The predicted molar refractivity (Wildman–Crippen MR) is 129 cm³/mol. The van der Waals surface area contributed by atoms with Gasteiger partial charge in [0.15, 0.2) is 0 Å². The molecule has 0 aliphatic rings. The Kier molecular flexibility index (Phi) is 8.10. The number of benzene rings is 3. The van der Waals surface area contributed by atoms with Crippen LogP contribution in [0.4, 0.5) is 11.4 Å². The summed E-state index contributed by atoms with van der Waals surface area (Å²) in [5.41, 5.74) is 3.85. The minimum absolute atomic E-state index is 0.652. The molecule has 0 radical (unpaired) electrons. The Morgan fingerprint density at radius 2 is 1.40 bits per heavy atom. The van der Waals surface area contributed by atoms with Crippen molar-refractivity contribution in [2.75, 3.05) is 18.5 Å². The fraction of sp³-hybridized carbons (Fsp3) is 0.160. The highest BCUT2D eigenvalue weighted by molar-refractivity contribution is 9.10. The number of allylic oxidation sites excluding steroid dienone is 1. The van der Waals surface area contributed by atoms with Crippen molar-refractivity contribution in [2.24, 2.45) is 4.99 Å². The van der Waals surface area contributed by atoms with Gasteiger partial charge in [0, 0.05) is 22.1 Å². The molecule has 0 aromatic heterocycles. The van der Waals surface area contributed by atoms with E-state index in [1.165, 1.54) is 0 Å². The van der Waals surface area contributed by atoms with Crippen LogP contribution >= 0.6 is 15.9 Å². The fourth-order valence-electron chi connectivity index (χ4n) is 2.79. The molecule has 0 fully saturated rings. The van der Waals surface area contributed by atoms with Gasteiger partial charge < -0.3 is 14.8 Å². The average molecular weight is 465 g/mol. The number of nitrogens with one attached hydrogen (secondary N) is 1. The van der Waals surface area contributed by atoms with Gasteiger partial charge in [-0.05, 0) is 86.2 Å². The lowest BCUT2D eigenvalue weighted by molar-refractivity contribution is 0.340. The van der Waals surface area contributed by atoms with Crippen LogP contribution in [0.1, 0.15) is 19.4 Å². The van der Waals surface area contributed by atoms with E-state index in [0.29, 0.717) is 13.2 Å². The molecule has 0 saturated carbocycles. The molecule has 3 aromatic carbocycles. The van der Waals surface area contributed by atoms with Crippen LogP contribution in [0.5, 0.6) is 11.5 Å². The first-order valence-electron chi connectivity index (χ1n) is 9.91. The molecular formula is C25H25BrN2O2. The number of anilines is 1. The van der Waals surface area contributed by atoms with Gasteiger partial charge in [-0.1, -0.05) is 28.1 Å². The lowest BCUT2D eigenvalue weighted by atomic mass is 10.1. The molecular weight excluding hydrogens is 440 g/mol. The third-order valence-corrected chi connectivity index (χ3v) is 4.74. The predicted octanol–water partition coefficient (Wildman–Crippen LogP) is 7.10. The molecule has 0 heterocycles. The first kappa shape index (κ1) is 21.7. The maximum Gasteiger partial charge on any atom is 0.119 e. The Bertz CT molecular complexity index is 979. The van der Waals surface area contributed by atoms with Gasteiger partial charge in [-0.15, -0.1) is 0 Å². The summed E-state index contributed by atoms with van der Waals surface area (Å²) in [4.78, 5) is 4.54. The molecule has 5 heteroatoms. The second kappa shape index (κ2) is 11.2. The second-order valence-electron chi connectivity index (χ2n) is 6.37. The van der Waals surface area contributed by atoms with Crippen LogP contribution < -0.4 is 14.8 Å². The highest BCUT2D eigenvalue weighted by Gasteiger charge is 2.03. The molecule has 3 aromatic rings. The summed E-state index contributed by atoms with van der Waals surface area (Å²) in [5.74, 6) is 1.70. The van der Waals surface area contributed by atoms with Crippen molar-refractivity contribution in [1.82, 2.24) is 0 Å². The summed E-state index contributed by atoms with van der Waals surface area (Å²) in [7, 11) is 0. The molecule has 0 bridgehead atoms. The van der Waals surface area contributed by atoms with E-state index >= 15 is 0 Å². The summed E-state index contributed by atoms with van der Waals surface area (Å²) in [6, 6.07) is 23.8. The number of hydrogen-bond donors (Lipinski definition) is 1. The van der Waals surface area contributed by atoms with Crippen molar-refractivity contribution in [3.8, 4) is 11.5 Å². The van der Waals surface area contributed by atoms with Crippen LogP contribution in [0.15, 0.2) is 88.3 Å². The highest BCUT2D eigenvalue weighted by Crippen LogP contribution is 2.23. The van der Waals surface area contributed by atoms with E-state index in [-0.39, 0.29) is 0 Å². The molecule has 3 rings (SSSR count). The molecule has 4 nitrogen and oxygen atoms in total. The fourth-order valence-corrected chi connectivity index (χ4v) is 3.05. The Hall–Kier alpha value is -3.05. The van der Waals surface area contributed by atoms with Crippen molar-refractivity contribution in [1.29, 1.82) is 0 Å². The van der Waals surface area contributed by atoms with E-state index in [1.54, 1.807) is 6.21 Å². The summed E-state index contributed by atoms with van der Waals surface area (Å²) >= 11 is 3.49. The zero-order chi connectivity index (χ0) is 21.2. The van der Waals surface area contributed by atoms with Gasteiger partial charge in [-0.25, -0.2) is 0 Å². The van der Waals surface area contributed by atoms with E-state index in [4.69, 9.17) is 9.47 Å². The van der Waals surface area contributed by atoms with Crippen molar-refractivity contribution in [3.63, 3.8) is 0 Å². The van der Waals surface area contributed by atoms with Gasteiger partial charge in [0.2, 0.25) is 0 Å².